The zero-order valence-corrected chi connectivity index (χ0v) is 10.1. The zero-order chi connectivity index (χ0) is 12.0. The van der Waals surface area contributed by atoms with Crippen molar-refractivity contribution >= 4 is 35.0 Å². The Labute approximate surface area is 105 Å². The summed E-state index contributed by atoms with van der Waals surface area (Å²) in [5.74, 6) is 0. The first-order chi connectivity index (χ1) is 7.63. The van der Waals surface area contributed by atoms with Crippen LogP contribution in [-0.2, 0) is 4.74 Å². The van der Waals surface area contributed by atoms with Crippen LogP contribution in [0.25, 0.3) is 0 Å². The smallest absolute Gasteiger partial charge is 0.411 e. The largest absolute Gasteiger partial charge is 0.449 e. The van der Waals surface area contributed by atoms with Crippen molar-refractivity contribution in [3.05, 3.63) is 35.2 Å². The standard InChI is InChI=1S/C11H12Cl2NO2/c1-2-3-6-16-11(15)14-8-4-5-9(12)10(13)7-8/h4-5,7H,1-3,6H2,(H,14,15). The van der Waals surface area contributed by atoms with Crippen LogP contribution >= 0.6 is 23.2 Å². The Hall–Kier alpha value is -0.930. The van der Waals surface area contributed by atoms with Gasteiger partial charge in [-0.25, -0.2) is 4.79 Å². The molecule has 1 amide bonds. The molecule has 0 bridgehead atoms. The minimum absolute atomic E-state index is 0.358. The fourth-order valence-electron chi connectivity index (χ4n) is 0.995. The molecular weight excluding hydrogens is 249 g/mol. The molecule has 0 aliphatic heterocycles. The highest BCUT2D eigenvalue weighted by molar-refractivity contribution is 6.42. The Morgan fingerprint density at radius 2 is 2.12 bits per heavy atom. The van der Waals surface area contributed by atoms with Gasteiger partial charge in [0.1, 0.15) is 0 Å². The maximum Gasteiger partial charge on any atom is 0.411 e. The Bertz CT molecular complexity index is 369. The average Bonchev–Trinajstić information content (AvgIpc) is 2.24. The Balaban J connectivity index is 2.46. The molecule has 0 aromatic heterocycles. The van der Waals surface area contributed by atoms with Gasteiger partial charge >= 0.3 is 6.09 Å². The molecular formula is C11H12Cl2NO2. The number of ether oxygens (including phenoxy) is 1. The number of hydrogen-bond acceptors (Lipinski definition) is 2. The van der Waals surface area contributed by atoms with Crippen LogP contribution in [0.5, 0.6) is 0 Å². The van der Waals surface area contributed by atoms with Crippen LogP contribution in [0.4, 0.5) is 10.5 Å². The van der Waals surface area contributed by atoms with Gasteiger partial charge in [0.25, 0.3) is 0 Å². The number of rotatable bonds is 4. The Morgan fingerprint density at radius 3 is 2.75 bits per heavy atom. The number of anilines is 1. The van der Waals surface area contributed by atoms with Crippen molar-refractivity contribution in [2.45, 2.75) is 12.8 Å². The number of hydrogen-bond donors (Lipinski definition) is 1. The van der Waals surface area contributed by atoms with Gasteiger partial charge in [-0.1, -0.05) is 36.5 Å². The van der Waals surface area contributed by atoms with Gasteiger partial charge in [0, 0.05) is 5.69 Å². The van der Waals surface area contributed by atoms with Crippen LogP contribution < -0.4 is 5.32 Å². The van der Waals surface area contributed by atoms with Crippen molar-refractivity contribution in [1.82, 2.24) is 0 Å². The second-order valence-corrected chi connectivity index (χ2v) is 3.91. The summed E-state index contributed by atoms with van der Waals surface area (Å²) in [6.07, 6.45) is 0.973. The Morgan fingerprint density at radius 1 is 1.38 bits per heavy atom. The maximum absolute atomic E-state index is 11.3. The monoisotopic (exact) mass is 260 g/mol. The number of benzene rings is 1. The van der Waals surface area contributed by atoms with E-state index in [1.165, 1.54) is 0 Å². The molecule has 0 heterocycles. The first-order valence-corrected chi connectivity index (χ1v) is 5.57. The number of nitrogens with one attached hydrogen (secondary N) is 1. The SMILES string of the molecule is [CH2]CCCOC(=O)Nc1ccc(Cl)c(Cl)c1. The van der Waals surface area contributed by atoms with Crippen molar-refractivity contribution in [2.75, 3.05) is 11.9 Å². The molecule has 1 N–H and O–H groups in total. The second kappa shape index (κ2) is 6.61. The lowest BCUT2D eigenvalue weighted by Gasteiger charge is -2.07. The number of carbonyl (C=O) groups is 1. The summed E-state index contributed by atoms with van der Waals surface area (Å²) >= 11 is 11.5. The highest BCUT2D eigenvalue weighted by atomic mass is 35.5. The molecule has 5 heteroatoms. The van der Waals surface area contributed by atoms with Crippen LogP contribution in [-0.4, -0.2) is 12.7 Å². The quantitative estimate of drug-likeness (QED) is 0.826. The molecule has 0 aliphatic rings. The van der Waals surface area contributed by atoms with E-state index in [1.54, 1.807) is 18.2 Å². The fraction of sp³-hybridized carbons (Fsp3) is 0.273. The molecule has 0 fully saturated rings. The van der Waals surface area contributed by atoms with Crippen molar-refractivity contribution < 1.29 is 9.53 Å². The van der Waals surface area contributed by atoms with Crippen molar-refractivity contribution in [1.29, 1.82) is 0 Å². The summed E-state index contributed by atoms with van der Waals surface area (Å²) in [6.45, 7) is 4.00. The van der Waals surface area contributed by atoms with Gasteiger partial charge < -0.3 is 4.74 Å². The zero-order valence-electron chi connectivity index (χ0n) is 8.63. The van der Waals surface area contributed by atoms with Crippen LogP contribution in [0.3, 0.4) is 0 Å². The summed E-state index contributed by atoms with van der Waals surface area (Å²) in [4.78, 5) is 11.3. The van der Waals surface area contributed by atoms with E-state index in [0.29, 0.717) is 22.3 Å². The van der Waals surface area contributed by atoms with Crippen LogP contribution in [0.2, 0.25) is 10.0 Å². The van der Waals surface area contributed by atoms with Gasteiger partial charge in [-0.3, -0.25) is 5.32 Å². The van der Waals surface area contributed by atoms with Crippen LogP contribution in [0.15, 0.2) is 18.2 Å². The molecule has 1 radical (unpaired) electrons. The summed E-state index contributed by atoms with van der Waals surface area (Å²) < 4.78 is 4.89. The van der Waals surface area contributed by atoms with Crippen LogP contribution in [0.1, 0.15) is 12.8 Å². The lowest BCUT2D eigenvalue weighted by Crippen LogP contribution is -2.14. The number of carbonyl (C=O) groups excluding carboxylic acids is 1. The van der Waals surface area contributed by atoms with E-state index in [1.807, 2.05) is 0 Å². The van der Waals surface area contributed by atoms with E-state index in [0.717, 1.165) is 12.8 Å². The highest BCUT2D eigenvalue weighted by Crippen LogP contribution is 2.24. The second-order valence-electron chi connectivity index (χ2n) is 3.10. The van der Waals surface area contributed by atoms with Gasteiger partial charge in [-0.15, -0.1) is 0 Å². The molecule has 16 heavy (non-hydrogen) atoms. The molecule has 3 nitrogen and oxygen atoms in total. The summed E-state index contributed by atoms with van der Waals surface area (Å²) in [7, 11) is 0. The number of amides is 1. The van der Waals surface area contributed by atoms with Gasteiger partial charge in [0.05, 0.1) is 16.7 Å². The third kappa shape index (κ3) is 4.29. The average molecular weight is 261 g/mol. The first-order valence-electron chi connectivity index (χ1n) is 4.81. The van der Waals surface area contributed by atoms with E-state index >= 15 is 0 Å². The van der Waals surface area contributed by atoms with E-state index in [9.17, 15) is 4.79 Å². The third-order valence-electron chi connectivity index (χ3n) is 1.79. The molecule has 87 valence electrons. The topological polar surface area (TPSA) is 38.3 Å². The molecule has 0 unspecified atom stereocenters. The molecule has 0 saturated carbocycles. The molecule has 0 atom stereocenters. The summed E-state index contributed by atoms with van der Waals surface area (Å²) in [5, 5.41) is 3.37. The molecule has 0 saturated heterocycles. The fourth-order valence-corrected chi connectivity index (χ4v) is 1.29. The predicted octanol–water partition coefficient (Wildman–Crippen LogP) is 4.16. The molecule has 0 spiro atoms. The molecule has 1 aromatic carbocycles. The minimum atomic E-state index is -0.508. The summed E-state index contributed by atoms with van der Waals surface area (Å²) in [6, 6.07) is 4.82. The van der Waals surface area contributed by atoms with Crippen molar-refractivity contribution in [2.24, 2.45) is 0 Å². The number of halogens is 2. The van der Waals surface area contributed by atoms with E-state index in [4.69, 9.17) is 27.9 Å². The first kappa shape index (κ1) is 13.1. The van der Waals surface area contributed by atoms with Crippen molar-refractivity contribution in [3.8, 4) is 0 Å². The third-order valence-corrected chi connectivity index (χ3v) is 2.53. The van der Waals surface area contributed by atoms with E-state index in [2.05, 4.69) is 12.2 Å². The number of unbranched alkanes of at least 4 members (excludes halogenated alkanes) is 1. The lowest BCUT2D eigenvalue weighted by atomic mass is 10.3. The van der Waals surface area contributed by atoms with E-state index < -0.39 is 6.09 Å². The molecule has 1 rings (SSSR count). The minimum Gasteiger partial charge on any atom is -0.449 e. The molecule has 1 aromatic rings. The van der Waals surface area contributed by atoms with E-state index in [-0.39, 0.29) is 0 Å². The molecule has 0 aliphatic carbocycles. The summed E-state index contributed by atoms with van der Waals surface area (Å²) in [5.41, 5.74) is 0.550. The van der Waals surface area contributed by atoms with Gasteiger partial charge in [-0.2, -0.15) is 0 Å². The normalized spacial score (nSPS) is 9.94. The van der Waals surface area contributed by atoms with Gasteiger partial charge in [0.15, 0.2) is 0 Å². The Kier molecular flexibility index (Phi) is 5.43. The highest BCUT2D eigenvalue weighted by Gasteiger charge is 2.04. The van der Waals surface area contributed by atoms with Crippen molar-refractivity contribution in [3.63, 3.8) is 0 Å². The predicted molar refractivity (Wildman–Crippen MR) is 66.0 cm³/mol. The maximum atomic E-state index is 11.3. The lowest BCUT2D eigenvalue weighted by molar-refractivity contribution is 0.160. The van der Waals surface area contributed by atoms with Crippen LogP contribution in [0, 0.1) is 6.92 Å². The van der Waals surface area contributed by atoms with Gasteiger partial charge in [-0.05, 0) is 24.6 Å². The van der Waals surface area contributed by atoms with Gasteiger partial charge in [0.2, 0.25) is 0 Å².